The molecule has 7 rings (SSSR count). The molecule has 5 aromatic carbocycles. The SMILES string of the molecule is CCCc1ccc(C(=O)Oc2cc(OC(=O)c3ccc(OCCCCOCC4(C)COC4)cc3)c(OC(=O)c3ccc(CCC)cc3)cc2OC(=O)c2ccc(OCCCCOCC3(C)COC3)cc2)cc1. The molecule has 0 radical (unpaired) electrons. The summed E-state index contributed by atoms with van der Waals surface area (Å²) in [5.74, 6) is -3.21. The Morgan fingerprint density at radius 2 is 0.722 bits per heavy atom. The zero-order valence-corrected chi connectivity index (χ0v) is 41.8. The van der Waals surface area contributed by atoms with E-state index < -0.39 is 23.9 Å². The maximum absolute atomic E-state index is 13.8. The molecule has 0 atom stereocenters. The predicted molar refractivity (Wildman–Crippen MR) is 269 cm³/mol. The van der Waals surface area contributed by atoms with Gasteiger partial charge in [-0.2, -0.15) is 0 Å². The van der Waals surface area contributed by atoms with E-state index in [0.717, 1.165) is 88.9 Å². The van der Waals surface area contributed by atoms with Gasteiger partial charge in [0.2, 0.25) is 0 Å². The highest BCUT2D eigenvalue weighted by molar-refractivity contribution is 5.96. The number of ether oxygens (including phenoxy) is 10. The first-order valence-electron chi connectivity index (χ1n) is 24.9. The lowest BCUT2D eigenvalue weighted by molar-refractivity contribution is -0.138. The Labute approximate surface area is 422 Å². The number of carbonyl (C=O) groups is 4. The van der Waals surface area contributed by atoms with Gasteiger partial charge in [-0.3, -0.25) is 0 Å². The number of esters is 4. The summed E-state index contributed by atoms with van der Waals surface area (Å²) >= 11 is 0. The van der Waals surface area contributed by atoms with Gasteiger partial charge in [-0.25, -0.2) is 19.2 Å². The molecule has 2 fully saturated rings. The van der Waals surface area contributed by atoms with Crippen molar-refractivity contribution in [2.24, 2.45) is 10.8 Å². The lowest BCUT2D eigenvalue weighted by atomic mass is 9.90. The van der Waals surface area contributed by atoms with Crippen LogP contribution in [-0.2, 0) is 31.8 Å². The molecule has 5 aromatic rings. The number of benzene rings is 5. The first-order valence-corrected chi connectivity index (χ1v) is 24.9. The lowest BCUT2D eigenvalue weighted by Crippen LogP contribution is -2.43. The topological polar surface area (TPSA) is 161 Å². The van der Waals surface area contributed by atoms with Crippen molar-refractivity contribution in [3.8, 4) is 34.5 Å². The fourth-order valence-electron chi connectivity index (χ4n) is 7.74. The first kappa shape index (κ1) is 53.2. The monoisotopic (exact) mass is 986 g/mol. The minimum atomic E-state index is -0.816. The van der Waals surface area contributed by atoms with Gasteiger partial charge in [-0.1, -0.05) is 64.8 Å². The van der Waals surface area contributed by atoms with Gasteiger partial charge in [0.25, 0.3) is 0 Å². The van der Waals surface area contributed by atoms with Crippen molar-refractivity contribution < 1.29 is 66.5 Å². The van der Waals surface area contributed by atoms with E-state index in [1.165, 1.54) is 12.1 Å². The van der Waals surface area contributed by atoms with Crippen LogP contribution in [-0.4, -0.2) is 89.9 Å². The van der Waals surface area contributed by atoms with Crippen LogP contribution in [0, 0.1) is 10.8 Å². The second-order valence-electron chi connectivity index (χ2n) is 19.1. The molecule has 382 valence electrons. The number of unbranched alkanes of at least 4 members (excludes halogenated alkanes) is 2. The molecule has 2 aliphatic heterocycles. The molecule has 2 saturated heterocycles. The normalized spacial score (nSPS) is 14.3. The molecule has 0 saturated carbocycles. The van der Waals surface area contributed by atoms with Gasteiger partial charge in [0, 0.05) is 36.2 Å². The summed E-state index contributed by atoms with van der Waals surface area (Å²) in [6.07, 6.45) is 6.72. The summed E-state index contributed by atoms with van der Waals surface area (Å²) in [5, 5.41) is 0. The van der Waals surface area contributed by atoms with Crippen LogP contribution in [0.5, 0.6) is 34.5 Å². The fraction of sp³-hybridized carbons (Fsp3) is 0.414. The van der Waals surface area contributed by atoms with Crippen LogP contribution in [0.25, 0.3) is 0 Å². The van der Waals surface area contributed by atoms with Crippen molar-refractivity contribution in [2.45, 2.75) is 79.1 Å². The van der Waals surface area contributed by atoms with Crippen LogP contribution in [0.2, 0.25) is 0 Å². The average Bonchev–Trinajstić information content (AvgIpc) is 3.36. The number of hydrogen-bond donors (Lipinski definition) is 0. The van der Waals surface area contributed by atoms with Gasteiger partial charge in [-0.15, -0.1) is 0 Å². The van der Waals surface area contributed by atoms with Crippen molar-refractivity contribution in [1.29, 1.82) is 0 Å². The van der Waals surface area contributed by atoms with Crippen molar-refractivity contribution in [3.05, 3.63) is 143 Å². The maximum atomic E-state index is 13.8. The molecular weight excluding hydrogens is 921 g/mol. The number of rotatable bonds is 28. The lowest BCUT2D eigenvalue weighted by Gasteiger charge is -2.37. The van der Waals surface area contributed by atoms with Gasteiger partial charge in [0.15, 0.2) is 23.0 Å². The minimum absolute atomic E-state index is 0.104. The molecule has 0 bridgehead atoms. The highest BCUT2D eigenvalue weighted by Gasteiger charge is 2.34. The Balaban J connectivity index is 1.07. The average molecular weight is 987 g/mol. The third-order valence-electron chi connectivity index (χ3n) is 12.1. The largest absolute Gasteiger partial charge is 0.494 e. The van der Waals surface area contributed by atoms with E-state index in [0.29, 0.717) is 51.1 Å². The van der Waals surface area contributed by atoms with E-state index >= 15 is 0 Å². The van der Waals surface area contributed by atoms with Gasteiger partial charge in [-0.05, 0) is 122 Å². The highest BCUT2D eigenvalue weighted by Crippen LogP contribution is 2.42. The van der Waals surface area contributed by atoms with Crippen LogP contribution >= 0.6 is 0 Å². The van der Waals surface area contributed by atoms with Crippen LogP contribution < -0.4 is 28.4 Å². The Kier molecular flexibility index (Phi) is 19.4. The Morgan fingerprint density at radius 1 is 0.431 bits per heavy atom. The van der Waals surface area contributed by atoms with Crippen molar-refractivity contribution >= 4 is 23.9 Å². The molecule has 14 nitrogen and oxygen atoms in total. The van der Waals surface area contributed by atoms with Gasteiger partial charge in [0.1, 0.15) is 11.5 Å². The molecule has 2 aliphatic rings. The quantitative estimate of drug-likeness (QED) is 0.0264. The van der Waals surface area contributed by atoms with E-state index in [9.17, 15) is 19.2 Å². The number of hydrogen-bond acceptors (Lipinski definition) is 14. The summed E-state index contributed by atoms with van der Waals surface area (Å²) in [5.41, 5.74) is 3.04. The minimum Gasteiger partial charge on any atom is -0.494 e. The summed E-state index contributed by atoms with van der Waals surface area (Å²) in [7, 11) is 0. The third-order valence-corrected chi connectivity index (χ3v) is 12.1. The van der Waals surface area contributed by atoms with E-state index in [4.69, 9.17) is 47.4 Å². The highest BCUT2D eigenvalue weighted by atomic mass is 16.6. The van der Waals surface area contributed by atoms with E-state index in [1.54, 1.807) is 72.8 Å². The first-order chi connectivity index (χ1) is 34.9. The molecule has 0 amide bonds. The van der Waals surface area contributed by atoms with Crippen LogP contribution in [0.3, 0.4) is 0 Å². The summed E-state index contributed by atoms with van der Waals surface area (Å²) in [6, 6.07) is 29.1. The molecule has 14 heteroatoms. The molecule has 0 unspecified atom stereocenters. The Morgan fingerprint density at radius 3 is 1.00 bits per heavy atom. The second kappa shape index (κ2) is 26.2. The van der Waals surface area contributed by atoms with E-state index in [1.807, 2.05) is 24.3 Å². The van der Waals surface area contributed by atoms with Gasteiger partial charge >= 0.3 is 23.9 Å². The van der Waals surface area contributed by atoms with E-state index in [2.05, 4.69) is 27.7 Å². The van der Waals surface area contributed by atoms with Gasteiger partial charge < -0.3 is 47.4 Å². The summed E-state index contributed by atoms with van der Waals surface area (Å²) in [6.45, 7) is 14.8. The van der Waals surface area contributed by atoms with E-state index in [-0.39, 0.29) is 56.1 Å². The van der Waals surface area contributed by atoms with Crippen LogP contribution in [0.15, 0.2) is 109 Å². The number of carbonyl (C=O) groups excluding carboxylic acids is 4. The van der Waals surface area contributed by atoms with Crippen molar-refractivity contribution in [3.63, 3.8) is 0 Å². The molecule has 0 aliphatic carbocycles. The van der Waals surface area contributed by atoms with Crippen molar-refractivity contribution in [1.82, 2.24) is 0 Å². The Bertz CT molecular complexity index is 2370. The number of aryl methyl sites for hydroxylation is 2. The van der Waals surface area contributed by atoms with Crippen LogP contribution in [0.4, 0.5) is 0 Å². The molecule has 72 heavy (non-hydrogen) atoms. The molecular formula is C58H66O14. The molecule has 0 aromatic heterocycles. The maximum Gasteiger partial charge on any atom is 0.343 e. The third kappa shape index (κ3) is 15.7. The summed E-state index contributed by atoms with van der Waals surface area (Å²) in [4.78, 5) is 55.2. The standard InChI is InChI=1S/C58H66O14/c1-5-11-41-13-17-43(18-14-41)53(59)69-49-33-52(72-56(62)46-23-27-48(28-24-46)68-32-10-8-30-64-36-58(4)39-66-40-58)50(70-54(60)44-19-15-42(12-6-2)16-20-44)34-51(49)71-55(61)45-21-25-47(26-22-45)67-31-9-7-29-63-35-57(3)37-65-38-57/h13-28,33-34H,5-12,29-32,35-40H2,1-4H3. The van der Waals surface area contributed by atoms with Gasteiger partial charge in [0.05, 0.1) is 75.1 Å². The smallest absolute Gasteiger partial charge is 0.343 e. The summed E-state index contributed by atoms with van der Waals surface area (Å²) < 4.78 is 57.6. The molecule has 2 heterocycles. The van der Waals surface area contributed by atoms with Crippen molar-refractivity contribution in [2.75, 3.05) is 66.1 Å². The second-order valence-corrected chi connectivity index (χ2v) is 19.1. The zero-order valence-electron chi connectivity index (χ0n) is 41.8. The molecule has 0 N–H and O–H groups in total. The predicted octanol–water partition coefficient (Wildman–Crippen LogP) is 10.9. The fourth-order valence-corrected chi connectivity index (χ4v) is 7.74. The zero-order chi connectivity index (χ0) is 50.8. The van der Waals surface area contributed by atoms with Crippen LogP contribution in [0.1, 0.15) is 119 Å². The molecule has 0 spiro atoms. The Hall–Kier alpha value is -6.58.